The van der Waals surface area contributed by atoms with Gasteiger partial charge in [0, 0.05) is 31.7 Å². The van der Waals surface area contributed by atoms with Gasteiger partial charge in [-0.15, -0.1) is 0 Å². The molecule has 0 atom stereocenters. The van der Waals surface area contributed by atoms with E-state index >= 15 is 0 Å². The molecule has 0 radical (unpaired) electrons. The van der Waals surface area contributed by atoms with Crippen LogP contribution in [0.1, 0.15) is 10.4 Å². The molecule has 3 rings (SSSR count). The molecule has 170 valence electrons. The lowest BCUT2D eigenvalue weighted by Gasteiger charge is -2.34. The maximum atomic E-state index is 13.6. The quantitative estimate of drug-likeness (QED) is 0.517. The normalized spacial score (nSPS) is 14.2. The minimum Gasteiger partial charge on any atom is -0.346 e. The van der Waals surface area contributed by atoms with Crippen LogP contribution in [0.2, 0.25) is 0 Å². The van der Waals surface area contributed by atoms with Gasteiger partial charge in [0.05, 0.1) is 18.8 Å². The van der Waals surface area contributed by atoms with E-state index in [1.54, 1.807) is 9.80 Å². The third kappa shape index (κ3) is 5.82. The van der Waals surface area contributed by atoms with E-state index < -0.39 is 47.3 Å². The predicted octanol–water partition coefficient (Wildman–Crippen LogP) is 1.76. The Bertz CT molecular complexity index is 1010. The van der Waals surface area contributed by atoms with Gasteiger partial charge in [-0.1, -0.05) is 0 Å². The Labute approximate surface area is 181 Å². The van der Waals surface area contributed by atoms with Crippen molar-refractivity contribution in [1.29, 1.82) is 0 Å². The van der Waals surface area contributed by atoms with Gasteiger partial charge in [0.25, 0.3) is 5.91 Å². The summed E-state index contributed by atoms with van der Waals surface area (Å²) in [5.41, 5.74) is -0.161. The summed E-state index contributed by atoms with van der Waals surface area (Å²) in [6.07, 6.45) is 0. The topological polar surface area (TPSA) is 81.8 Å². The maximum absolute atomic E-state index is 13.6. The highest BCUT2D eigenvalue weighted by Crippen LogP contribution is 2.19. The molecule has 0 aliphatic carbocycles. The molecule has 0 aromatic heterocycles. The molecule has 3 amide bonds. The molecule has 32 heavy (non-hydrogen) atoms. The van der Waals surface area contributed by atoms with E-state index in [1.165, 1.54) is 24.3 Å². The standard InChI is InChI=1S/C21H20F4N4O3/c22-14-3-1-13(2-4-14)21(32)29-9-7-28(8-10-29)12-18(31)26-11-17(30)27-16-6-5-15(23)19(24)20(16)25/h1-6H,7-12H2,(H,26,31)(H,27,30). The van der Waals surface area contributed by atoms with E-state index in [4.69, 9.17) is 0 Å². The van der Waals surface area contributed by atoms with Crippen molar-refractivity contribution in [2.24, 2.45) is 0 Å². The molecular formula is C21H20F4N4O3. The van der Waals surface area contributed by atoms with Gasteiger partial charge >= 0.3 is 0 Å². The Balaban J connectivity index is 1.40. The van der Waals surface area contributed by atoms with Gasteiger partial charge in [-0.25, -0.2) is 17.6 Å². The third-order valence-corrected chi connectivity index (χ3v) is 4.87. The van der Waals surface area contributed by atoms with E-state index in [1.807, 2.05) is 0 Å². The van der Waals surface area contributed by atoms with Crippen molar-refractivity contribution >= 4 is 23.4 Å². The molecule has 2 aromatic rings. The second kappa shape index (κ2) is 10.2. The second-order valence-electron chi connectivity index (χ2n) is 7.12. The Morgan fingerprint density at radius 1 is 0.812 bits per heavy atom. The molecular weight excluding hydrogens is 432 g/mol. The van der Waals surface area contributed by atoms with E-state index in [0.717, 1.165) is 6.07 Å². The first-order valence-electron chi connectivity index (χ1n) is 9.72. The zero-order valence-electron chi connectivity index (χ0n) is 16.8. The fraction of sp³-hybridized carbons (Fsp3) is 0.286. The van der Waals surface area contributed by atoms with Crippen LogP contribution in [-0.4, -0.2) is 66.8 Å². The molecule has 1 heterocycles. The number of rotatable bonds is 6. The van der Waals surface area contributed by atoms with E-state index in [0.29, 0.717) is 37.8 Å². The molecule has 1 aliphatic rings. The number of hydrogen-bond donors (Lipinski definition) is 2. The first-order chi connectivity index (χ1) is 15.2. The van der Waals surface area contributed by atoms with Gasteiger partial charge in [0.1, 0.15) is 5.82 Å². The monoisotopic (exact) mass is 452 g/mol. The average molecular weight is 452 g/mol. The molecule has 0 bridgehead atoms. The summed E-state index contributed by atoms with van der Waals surface area (Å²) < 4.78 is 52.7. The molecule has 1 fully saturated rings. The van der Waals surface area contributed by atoms with Crippen LogP contribution in [0.5, 0.6) is 0 Å². The molecule has 2 aromatic carbocycles. The number of anilines is 1. The Kier molecular flexibility index (Phi) is 7.41. The number of hydrogen-bond acceptors (Lipinski definition) is 4. The summed E-state index contributed by atoms with van der Waals surface area (Å²) in [5.74, 6) is -6.55. The van der Waals surface area contributed by atoms with Crippen LogP contribution in [0, 0.1) is 23.3 Å². The molecule has 0 spiro atoms. The smallest absolute Gasteiger partial charge is 0.253 e. The van der Waals surface area contributed by atoms with Crippen molar-refractivity contribution in [2.45, 2.75) is 0 Å². The predicted molar refractivity (Wildman–Crippen MR) is 107 cm³/mol. The first kappa shape index (κ1) is 23.2. The molecule has 7 nitrogen and oxygen atoms in total. The van der Waals surface area contributed by atoms with Crippen molar-refractivity contribution in [2.75, 3.05) is 44.6 Å². The Morgan fingerprint density at radius 2 is 1.47 bits per heavy atom. The number of nitrogens with zero attached hydrogens (tertiary/aromatic N) is 2. The van der Waals surface area contributed by atoms with Crippen LogP contribution in [0.4, 0.5) is 23.2 Å². The molecule has 2 N–H and O–H groups in total. The fourth-order valence-corrected chi connectivity index (χ4v) is 3.14. The second-order valence-corrected chi connectivity index (χ2v) is 7.12. The zero-order chi connectivity index (χ0) is 23.3. The zero-order valence-corrected chi connectivity index (χ0v) is 16.8. The van der Waals surface area contributed by atoms with Gasteiger partial charge in [-0.2, -0.15) is 0 Å². The Morgan fingerprint density at radius 3 is 2.12 bits per heavy atom. The van der Waals surface area contributed by atoms with E-state index in [-0.39, 0.29) is 12.5 Å². The van der Waals surface area contributed by atoms with Crippen LogP contribution in [0.25, 0.3) is 0 Å². The maximum Gasteiger partial charge on any atom is 0.253 e. The lowest BCUT2D eigenvalue weighted by molar-refractivity contribution is -0.125. The Hall–Kier alpha value is -3.47. The number of amides is 3. The molecule has 1 aliphatic heterocycles. The summed E-state index contributed by atoms with van der Waals surface area (Å²) in [6, 6.07) is 6.80. The van der Waals surface area contributed by atoms with Crippen molar-refractivity contribution in [1.82, 2.24) is 15.1 Å². The lowest BCUT2D eigenvalue weighted by atomic mass is 10.2. The van der Waals surface area contributed by atoms with Crippen molar-refractivity contribution in [3.05, 3.63) is 65.2 Å². The first-order valence-corrected chi connectivity index (χ1v) is 9.72. The van der Waals surface area contributed by atoms with Gasteiger partial charge in [0.2, 0.25) is 11.8 Å². The van der Waals surface area contributed by atoms with Crippen LogP contribution < -0.4 is 10.6 Å². The number of carbonyl (C=O) groups is 3. The summed E-state index contributed by atoms with van der Waals surface area (Å²) >= 11 is 0. The molecule has 0 unspecified atom stereocenters. The van der Waals surface area contributed by atoms with Crippen LogP contribution in [0.3, 0.4) is 0 Å². The lowest BCUT2D eigenvalue weighted by Crippen LogP contribution is -2.51. The summed E-state index contributed by atoms with van der Waals surface area (Å²) in [7, 11) is 0. The number of carbonyl (C=O) groups excluding carboxylic acids is 3. The van der Waals surface area contributed by atoms with Crippen molar-refractivity contribution in [3.63, 3.8) is 0 Å². The van der Waals surface area contributed by atoms with E-state index in [2.05, 4.69) is 10.6 Å². The largest absolute Gasteiger partial charge is 0.346 e. The minimum atomic E-state index is -1.70. The number of nitrogens with one attached hydrogen (secondary N) is 2. The molecule has 11 heteroatoms. The minimum absolute atomic E-state index is 0.0224. The SMILES string of the molecule is O=C(CN1CCN(C(=O)c2ccc(F)cc2)CC1)NCC(=O)Nc1ccc(F)c(F)c1F. The molecule has 1 saturated heterocycles. The number of benzene rings is 2. The highest BCUT2D eigenvalue weighted by Gasteiger charge is 2.23. The van der Waals surface area contributed by atoms with Crippen molar-refractivity contribution < 1.29 is 31.9 Å². The van der Waals surface area contributed by atoms with Crippen LogP contribution >= 0.6 is 0 Å². The average Bonchev–Trinajstić information content (AvgIpc) is 2.79. The summed E-state index contributed by atoms with van der Waals surface area (Å²) in [4.78, 5) is 39.7. The fourth-order valence-electron chi connectivity index (χ4n) is 3.14. The number of halogens is 4. The van der Waals surface area contributed by atoms with Crippen LogP contribution in [-0.2, 0) is 9.59 Å². The van der Waals surface area contributed by atoms with Gasteiger partial charge in [0.15, 0.2) is 17.5 Å². The van der Waals surface area contributed by atoms with Crippen molar-refractivity contribution in [3.8, 4) is 0 Å². The van der Waals surface area contributed by atoms with Gasteiger partial charge < -0.3 is 15.5 Å². The number of piperazine rings is 1. The summed E-state index contributed by atoms with van der Waals surface area (Å²) in [5, 5.41) is 4.42. The van der Waals surface area contributed by atoms with Gasteiger partial charge in [-0.3, -0.25) is 19.3 Å². The molecule has 0 saturated carbocycles. The highest BCUT2D eigenvalue weighted by atomic mass is 19.2. The third-order valence-electron chi connectivity index (χ3n) is 4.87. The van der Waals surface area contributed by atoms with Gasteiger partial charge in [-0.05, 0) is 36.4 Å². The van der Waals surface area contributed by atoms with Crippen LogP contribution in [0.15, 0.2) is 36.4 Å². The van der Waals surface area contributed by atoms with E-state index in [9.17, 15) is 31.9 Å². The highest BCUT2D eigenvalue weighted by molar-refractivity contribution is 5.95. The summed E-state index contributed by atoms with van der Waals surface area (Å²) in [6.45, 7) is 1.09.